The molecule has 1 aromatic carbocycles. The van der Waals surface area contributed by atoms with Crippen LogP contribution in [0.3, 0.4) is 0 Å². The molecule has 0 aromatic heterocycles. The van der Waals surface area contributed by atoms with Crippen LogP contribution < -0.4 is 9.64 Å². The predicted octanol–water partition coefficient (Wildman–Crippen LogP) is 4.90. The van der Waals surface area contributed by atoms with Crippen LogP contribution in [0, 0.1) is 5.92 Å². The third-order valence-electron chi connectivity index (χ3n) is 4.55. The highest BCUT2D eigenvalue weighted by Crippen LogP contribution is 2.34. The average Bonchev–Trinajstić information content (AvgIpc) is 2.89. The van der Waals surface area contributed by atoms with E-state index in [1.54, 1.807) is 0 Å². The third kappa shape index (κ3) is 3.22. The second kappa shape index (κ2) is 6.26. The topological polar surface area (TPSA) is 12.5 Å². The van der Waals surface area contributed by atoms with Crippen LogP contribution in [0.5, 0.6) is 5.75 Å². The third-order valence-corrected chi connectivity index (χ3v) is 4.86. The monoisotopic (exact) mass is 293 g/mol. The molecule has 110 valence electrons. The Hall–Kier alpha value is -0.890. The number of hydrogen-bond acceptors (Lipinski definition) is 2. The van der Waals surface area contributed by atoms with Gasteiger partial charge in [-0.1, -0.05) is 24.9 Å². The van der Waals surface area contributed by atoms with Crippen molar-refractivity contribution in [3.63, 3.8) is 0 Å². The van der Waals surface area contributed by atoms with E-state index in [2.05, 4.69) is 24.0 Å². The van der Waals surface area contributed by atoms with E-state index >= 15 is 0 Å². The zero-order valence-electron chi connectivity index (χ0n) is 12.3. The molecular weight excluding hydrogens is 270 g/mol. The minimum absolute atomic E-state index is 0.356. The molecule has 2 aliphatic rings. The molecule has 1 saturated carbocycles. The van der Waals surface area contributed by atoms with Gasteiger partial charge in [0.15, 0.2) is 0 Å². The molecule has 0 spiro atoms. The van der Waals surface area contributed by atoms with E-state index in [0.717, 1.165) is 29.8 Å². The molecule has 0 bridgehead atoms. The molecule has 1 saturated heterocycles. The van der Waals surface area contributed by atoms with Crippen molar-refractivity contribution in [3.8, 4) is 5.75 Å². The molecule has 0 amide bonds. The molecule has 0 radical (unpaired) electrons. The van der Waals surface area contributed by atoms with Gasteiger partial charge in [0.2, 0.25) is 0 Å². The Balaban J connectivity index is 1.72. The van der Waals surface area contributed by atoms with Crippen LogP contribution in [0.1, 0.15) is 45.4 Å². The molecule has 3 heteroatoms. The lowest BCUT2D eigenvalue weighted by molar-refractivity contribution is 0.155. The fourth-order valence-corrected chi connectivity index (χ4v) is 3.47. The maximum Gasteiger partial charge on any atom is 0.140 e. The Bertz CT molecular complexity index is 456. The maximum absolute atomic E-state index is 6.31. The number of rotatable bonds is 3. The second-order valence-corrected chi connectivity index (χ2v) is 6.74. The molecule has 2 nitrogen and oxygen atoms in total. The van der Waals surface area contributed by atoms with Crippen LogP contribution in [0.25, 0.3) is 0 Å². The van der Waals surface area contributed by atoms with Crippen LogP contribution in [-0.4, -0.2) is 19.2 Å². The van der Waals surface area contributed by atoms with Crippen molar-refractivity contribution in [1.82, 2.24) is 0 Å². The van der Waals surface area contributed by atoms with Crippen LogP contribution in [0.15, 0.2) is 18.2 Å². The highest BCUT2D eigenvalue weighted by atomic mass is 35.5. The molecule has 1 aliphatic heterocycles. The summed E-state index contributed by atoms with van der Waals surface area (Å²) < 4.78 is 6.15. The highest BCUT2D eigenvalue weighted by Gasteiger charge is 2.21. The second-order valence-electron chi connectivity index (χ2n) is 6.33. The van der Waals surface area contributed by atoms with Gasteiger partial charge in [0.05, 0.1) is 11.1 Å². The van der Waals surface area contributed by atoms with Gasteiger partial charge in [0, 0.05) is 24.8 Å². The van der Waals surface area contributed by atoms with Crippen LogP contribution in [0.2, 0.25) is 5.02 Å². The zero-order valence-corrected chi connectivity index (χ0v) is 13.0. The van der Waals surface area contributed by atoms with Crippen LogP contribution in [0.4, 0.5) is 5.69 Å². The number of nitrogens with zero attached hydrogens (tertiary/aromatic N) is 1. The minimum Gasteiger partial charge on any atom is -0.489 e. The summed E-state index contributed by atoms with van der Waals surface area (Å²) in [6, 6.07) is 6.24. The van der Waals surface area contributed by atoms with Crippen molar-refractivity contribution in [3.05, 3.63) is 23.2 Å². The van der Waals surface area contributed by atoms with Gasteiger partial charge < -0.3 is 9.64 Å². The fourth-order valence-electron chi connectivity index (χ4n) is 3.31. The van der Waals surface area contributed by atoms with Gasteiger partial charge in [-0.15, -0.1) is 0 Å². The number of ether oxygens (including phenoxy) is 1. The lowest BCUT2D eigenvalue weighted by atomic mass is 9.98. The SMILES string of the molecule is CC1CCN(c2ccc(Cl)c(OC3CCCCC3)c2)C1. The molecule has 1 aliphatic carbocycles. The number of benzene rings is 1. The molecule has 0 N–H and O–H groups in total. The average molecular weight is 294 g/mol. The Morgan fingerprint density at radius 1 is 1.15 bits per heavy atom. The van der Waals surface area contributed by atoms with Gasteiger partial charge in [-0.3, -0.25) is 0 Å². The lowest BCUT2D eigenvalue weighted by Gasteiger charge is -2.25. The molecule has 2 fully saturated rings. The summed E-state index contributed by atoms with van der Waals surface area (Å²) in [5.41, 5.74) is 1.25. The molecular formula is C17H24ClNO. The molecule has 1 atom stereocenters. The summed E-state index contributed by atoms with van der Waals surface area (Å²) >= 11 is 6.31. The minimum atomic E-state index is 0.356. The summed E-state index contributed by atoms with van der Waals surface area (Å²) in [6.07, 6.45) is 7.88. The summed E-state index contributed by atoms with van der Waals surface area (Å²) in [4.78, 5) is 2.44. The van der Waals surface area contributed by atoms with Gasteiger partial charge in [-0.25, -0.2) is 0 Å². The van der Waals surface area contributed by atoms with Gasteiger partial charge in [-0.2, -0.15) is 0 Å². The van der Waals surface area contributed by atoms with Crippen LogP contribution in [-0.2, 0) is 0 Å². The fraction of sp³-hybridized carbons (Fsp3) is 0.647. The molecule has 3 rings (SSSR count). The lowest BCUT2D eigenvalue weighted by Crippen LogP contribution is -2.21. The van der Waals surface area contributed by atoms with Gasteiger partial charge in [-0.05, 0) is 50.2 Å². The Labute approximate surface area is 127 Å². The first-order valence-electron chi connectivity index (χ1n) is 7.93. The largest absolute Gasteiger partial charge is 0.489 e. The Morgan fingerprint density at radius 3 is 2.65 bits per heavy atom. The normalized spacial score (nSPS) is 24.1. The molecule has 1 heterocycles. The van der Waals surface area contributed by atoms with E-state index in [0.29, 0.717) is 6.10 Å². The standard InChI is InChI=1S/C17H24ClNO/c1-13-9-10-19(12-13)14-7-8-16(18)17(11-14)20-15-5-3-2-4-6-15/h7-8,11,13,15H,2-6,9-10,12H2,1H3. The van der Waals surface area contributed by atoms with E-state index < -0.39 is 0 Å². The first-order valence-corrected chi connectivity index (χ1v) is 8.31. The summed E-state index contributed by atoms with van der Waals surface area (Å²) in [5, 5.41) is 0.742. The van der Waals surface area contributed by atoms with E-state index in [1.807, 2.05) is 6.07 Å². The van der Waals surface area contributed by atoms with Crippen molar-refractivity contribution in [2.75, 3.05) is 18.0 Å². The Morgan fingerprint density at radius 2 is 1.95 bits per heavy atom. The number of hydrogen-bond donors (Lipinski definition) is 0. The van der Waals surface area contributed by atoms with Crippen molar-refractivity contribution < 1.29 is 4.74 Å². The highest BCUT2D eigenvalue weighted by molar-refractivity contribution is 6.32. The van der Waals surface area contributed by atoms with E-state index in [9.17, 15) is 0 Å². The van der Waals surface area contributed by atoms with Gasteiger partial charge in [0.1, 0.15) is 5.75 Å². The Kier molecular flexibility index (Phi) is 4.40. The van der Waals surface area contributed by atoms with E-state index in [1.165, 1.54) is 44.2 Å². The van der Waals surface area contributed by atoms with Gasteiger partial charge in [0.25, 0.3) is 0 Å². The predicted molar refractivity (Wildman–Crippen MR) is 84.9 cm³/mol. The first kappa shape index (κ1) is 14.1. The van der Waals surface area contributed by atoms with E-state index in [4.69, 9.17) is 16.3 Å². The quantitative estimate of drug-likeness (QED) is 0.786. The van der Waals surface area contributed by atoms with Crippen molar-refractivity contribution >= 4 is 17.3 Å². The first-order chi connectivity index (χ1) is 9.72. The maximum atomic E-state index is 6.31. The summed E-state index contributed by atoms with van der Waals surface area (Å²) in [6.45, 7) is 4.60. The summed E-state index contributed by atoms with van der Waals surface area (Å²) in [7, 11) is 0. The smallest absolute Gasteiger partial charge is 0.140 e. The van der Waals surface area contributed by atoms with E-state index in [-0.39, 0.29) is 0 Å². The zero-order chi connectivity index (χ0) is 13.9. The molecule has 1 unspecified atom stereocenters. The molecule has 20 heavy (non-hydrogen) atoms. The summed E-state index contributed by atoms with van der Waals surface area (Å²) in [5.74, 6) is 1.66. The van der Waals surface area contributed by atoms with Crippen molar-refractivity contribution in [2.24, 2.45) is 5.92 Å². The van der Waals surface area contributed by atoms with Crippen molar-refractivity contribution in [2.45, 2.75) is 51.6 Å². The number of halogens is 1. The van der Waals surface area contributed by atoms with Crippen molar-refractivity contribution in [1.29, 1.82) is 0 Å². The molecule has 1 aromatic rings. The van der Waals surface area contributed by atoms with Crippen LogP contribution >= 0.6 is 11.6 Å². The van der Waals surface area contributed by atoms with Gasteiger partial charge >= 0.3 is 0 Å². The number of anilines is 1.